The number of aliphatic hydroxyl groups is 1. The number of nitrogens with one attached hydrogen (secondary N) is 2. The predicted molar refractivity (Wildman–Crippen MR) is 142 cm³/mol. The molecule has 5 rings (SSSR count). The third kappa shape index (κ3) is 5.44. The number of piperidine rings is 1. The normalized spacial score (nSPS) is 27.3. The summed E-state index contributed by atoms with van der Waals surface area (Å²) in [4.78, 5) is 32.8. The minimum absolute atomic E-state index is 0.0526. The van der Waals surface area contributed by atoms with Crippen molar-refractivity contribution in [2.24, 2.45) is 5.92 Å². The Kier molecular flexibility index (Phi) is 7.65. The molecule has 1 aliphatic heterocycles. The lowest BCUT2D eigenvalue weighted by Crippen LogP contribution is -2.45. The maximum absolute atomic E-state index is 13.1. The molecule has 2 saturated carbocycles. The van der Waals surface area contributed by atoms with Crippen LogP contribution in [-0.4, -0.2) is 59.8 Å². The maximum Gasteiger partial charge on any atom is 0.253 e. The van der Waals surface area contributed by atoms with Crippen molar-refractivity contribution in [3.05, 3.63) is 53.2 Å². The molecule has 3 N–H and O–H groups in total. The zero-order valence-corrected chi connectivity index (χ0v) is 21.8. The SMILES string of the molecule is COc1cccc(C(=O)NC2CC3CCCN(c4ccc(C(=O)N[C@H]5CCCC[C@@H]5O)cn4)C3C2)c1C. The Hall–Kier alpha value is -3.13. The van der Waals surface area contributed by atoms with Gasteiger partial charge in [-0.2, -0.15) is 0 Å². The van der Waals surface area contributed by atoms with Crippen LogP contribution in [0.25, 0.3) is 0 Å². The monoisotopic (exact) mass is 506 g/mol. The van der Waals surface area contributed by atoms with Gasteiger partial charge in [0, 0.05) is 36.0 Å². The van der Waals surface area contributed by atoms with E-state index in [1.54, 1.807) is 13.3 Å². The van der Waals surface area contributed by atoms with Gasteiger partial charge in [-0.15, -0.1) is 0 Å². The number of methoxy groups -OCH3 is 1. The van der Waals surface area contributed by atoms with Gasteiger partial charge in [-0.25, -0.2) is 4.98 Å². The number of aliphatic hydroxyl groups excluding tert-OH is 1. The van der Waals surface area contributed by atoms with Gasteiger partial charge in [0.15, 0.2) is 0 Å². The first-order valence-corrected chi connectivity index (χ1v) is 13.6. The summed E-state index contributed by atoms with van der Waals surface area (Å²) in [6.07, 6.45) is 8.82. The number of hydrogen-bond acceptors (Lipinski definition) is 6. The molecule has 198 valence electrons. The van der Waals surface area contributed by atoms with Crippen molar-refractivity contribution in [3.8, 4) is 5.75 Å². The van der Waals surface area contributed by atoms with E-state index in [0.717, 1.165) is 75.0 Å². The van der Waals surface area contributed by atoms with E-state index in [0.29, 0.717) is 23.1 Å². The second kappa shape index (κ2) is 11.1. The van der Waals surface area contributed by atoms with E-state index in [9.17, 15) is 14.7 Å². The average Bonchev–Trinajstić information content (AvgIpc) is 3.32. The third-order valence-corrected chi connectivity index (χ3v) is 8.47. The lowest BCUT2D eigenvalue weighted by molar-refractivity contribution is 0.0717. The molecule has 8 heteroatoms. The van der Waals surface area contributed by atoms with Gasteiger partial charge in [-0.05, 0) is 75.6 Å². The minimum Gasteiger partial charge on any atom is -0.496 e. The van der Waals surface area contributed by atoms with Crippen LogP contribution in [0.4, 0.5) is 5.82 Å². The number of anilines is 1. The summed E-state index contributed by atoms with van der Waals surface area (Å²) in [5, 5.41) is 16.4. The first-order chi connectivity index (χ1) is 17.9. The number of ether oxygens (including phenoxy) is 1. The summed E-state index contributed by atoms with van der Waals surface area (Å²) in [7, 11) is 1.62. The average molecular weight is 507 g/mol. The van der Waals surface area contributed by atoms with Crippen LogP contribution in [0, 0.1) is 12.8 Å². The smallest absolute Gasteiger partial charge is 0.253 e. The van der Waals surface area contributed by atoms with Crippen molar-refractivity contribution >= 4 is 17.6 Å². The van der Waals surface area contributed by atoms with Gasteiger partial charge in [0.05, 0.1) is 24.8 Å². The Morgan fingerprint density at radius 3 is 2.62 bits per heavy atom. The molecule has 3 fully saturated rings. The van der Waals surface area contributed by atoms with Crippen LogP contribution >= 0.6 is 0 Å². The molecule has 37 heavy (non-hydrogen) atoms. The van der Waals surface area contributed by atoms with Crippen molar-refractivity contribution in [1.29, 1.82) is 0 Å². The fraction of sp³-hybridized carbons (Fsp3) is 0.552. The van der Waals surface area contributed by atoms with E-state index < -0.39 is 6.10 Å². The largest absolute Gasteiger partial charge is 0.496 e. The summed E-state index contributed by atoms with van der Waals surface area (Å²) in [5.41, 5.74) is 2.02. The van der Waals surface area contributed by atoms with E-state index in [1.807, 2.05) is 37.3 Å². The molecule has 0 spiro atoms. The van der Waals surface area contributed by atoms with Gasteiger partial charge in [-0.3, -0.25) is 9.59 Å². The molecule has 1 aromatic carbocycles. The zero-order valence-electron chi connectivity index (χ0n) is 21.8. The summed E-state index contributed by atoms with van der Waals surface area (Å²) in [6.45, 7) is 2.83. The molecule has 2 aromatic rings. The van der Waals surface area contributed by atoms with E-state index in [-0.39, 0.29) is 23.9 Å². The third-order valence-electron chi connectivity index (χ3n) is 8.47. The van der Waals surface area contributed by atoms with Gasteiger partial charge < -0.3 is 25.4 Å². The topological polar surface area (TPSA) is 104 Å². The molecule has 0 radical (unpaired) electrons. The zero-order chi connectivity index (χ0) is 25.9. The predicted octanol–water partition coefficient (Wildman–Crippen LogP) is 3.61. The number of carbonyl (C=O) groups excluding carboxylic acids is 2. The molecular formula is C29H38N4O4. The molecule has 1 aromatic heterocycles. The van der Waals surface area contributed by atoms with Crippen LogP contribution in [0.15, 0.2) is 36.5 Å². The Bertz CT molecular complexity index is 1120. The minimum atomic E-state index is -0.473. The number of aromatic nitrogens is 1. The highest BCUT2D eigenvalue weighted by atomic mass is 16.5. The summed E-state index contributed by atoms with van der Waals surface area (Å²) in [6, 6.07) is 9.57. The van der Waals surface area contributed by atoms with Crippen molar-refractivity contribution in [2.75, 3.05) is 18.6 Å². The number of nitrogens with zero attached hydrogens (tertiary/aromatic N) is 2. The van der Waals surface area contributed by atoms with Gasteiger partial charge >= 0.3 is 0 Å². The molecule has 3 aliphatic rings. The highest BCUT2D eigenvalue weighted by Crippen LogP contribution is 2.39. The van der Waals surface area contributed by atoms with Crippen LogP contribution in [0.3, 0.4) is 0 Å². The molecule has 5 atom stereocenters. The standard InChI is InChI=1S/C29H38N4O4/c1-18-22(8-5-11-26(18)37-2)29(36)31-21-15-19-7-6-14-33(24(19)16-21)27-13-12-20(17-30-27)28(35)32-23-9-3-4-10-25(23)34/h5,8,11-13,17,19,21,23-25,34H,3-4,6-7,9-10,14-16H2,1-2H3,(H,31,36)(H,32,35)/t19?,21?,23-,24?,25-/m0/s1. The first kappa shape index (κ1) is 25.5. The Labute approximate surface area is 218 Å². The highest BCUT2D eigenvalue weighted by Gasteiger charge is 2.41. The van der Waals surface area contributed by atoms with Gasteiger partial charge in [0.25, 0.3) is 11.8 Å². The first-order valence-electron chi connectivity index (χ1n) is 13.6. The van der Waals surface area contributed by atoms with Crippen LogP contribution < -0.4 is 20.3 Å². The molecule has 2 aliphatic carbocycles. The summed E-state index contributed by atoms with van der Waals surface area (Å²) in [5.74, 6) is 1.86. The maximum atomic E-state index is 13.1. The molecular weight excluding hydrogens is 468 g/mol. The fourth-order valence-electron chi connectivity index (χ4n) is 6.45. The fourth-order valence-corrected chi connectivity index (χ4v) is 6.45. The lowest BCUT2D eigenvalue weighted by Gasteiger charge is -2.38. The number of fused-ring (bicyclic) bond motifs is 1. The second-order valence-corrected chi connectivity index (χ2v) is 10.8. The number of hydrogen-bond donors (Lipinski definition) is 3. The number of rotatable bonds is 6. The number of benzene rings is 1. The Morgan fingerprint density at radius 1 is 1.03 bits per heavy atom. The van der Waals surface area contributed by atoms with Crippen molar-refractivity contribution in [2.45, 2.75) is 82.5 Å². The molecule has 8 nitrogen and oxygen atoms in total. The molecule has 0 bridgehead atoms. The van der Waals surface area contributed by atoms with Crippen LogP contribution in [0.5, 0.6) is 5.75 Å². The van der Waals surface area contributed by atoms with Gasteiger partial charge in [-0.1, -0.05) is 18.9 Å². The quantitative estimate of drug-likeness (QED) is 0.553. The number of amides is 2. The number of carbonyl (C=O) groups is 2. The van der Waals surface area contributed by atoms with E-state index in [1.165, 1.54) is 0 Å². The van der Waals surface area contributed by atoms with Crippen molar-refractivity contribution in [3.63, 3.8) is 0 Å². The second-order valence-electron chi connectivity index (χ2n) is 10.8. The van der Waals surface area contributed by atoms with Crippen LogP contribution in [0.2, 0.25) is 0 Å². The lowest BCUT2D eigenvalue weighted by atomic mass is 9.92. The van der Waals surface area contributed by atoms with Crippen molar-refractivity contribution < 1.29 is 19.4 Å². The molecule has 1 saturated heterocycles. The van der Waals surface area contributed by atoms with E-state index in [2.05, 4.69) is 20.5 Å². The molecule has 2 amide bonds. The van der Waals surface area contributed by atoms with Crippen LogP contribution in [0.1, 0.15) is 77.6 Å². The van der Waals surface area contributed by atoms with E-state index >= 15 is 0 Å². The van der Waals surface area contributed by atoms with E-state index in [4.69, 9.17) is 4.74 Å². The van der Waals surface area contributed by atoms with Crippen molar-refractivity contribution in [1.82, 2.24) is 15.6 Å². The number of pyridine rings is 1. The molecule has 3 unspecified atom stereocenters. The Balaban J connectivity index is 1.22. The molecule has 2 heterocycles. The summed E-state index contributed by atoms with van der Waals surface area (Å²) < 4.78 is 5.38. The van der Waals surface area contributed by atoms with Gasteiger partial charge in [0.1, 0.15) is 11.6 Å². The van der Waals surface area contributed by atoms with Gasteiger partial charge in [0.2, 0.25) is 0 Å². The Morgan fingerprint density at radius 2 is 1.86 bits per heavy atom. The summed E-state index contributed by atoms with van der Waals surface area (Å²) >= 11 is 0. The van der Waals surface area contributed by atoms with Crippen LogP contribution in [-0.2, 0) is 0 Å². The highest BCUT2D eigenvalue weighted by molar-refractivity contribution is 5.96.